The summed E-state index contributed by atoms with van der Waals surface area (Å²) in [6, 6.07) is -0.851. The number of hydrogen-bond donors (Lipinski definition) is 2. The Hall–Kier alpha value is -1.14. The van der Waals surface area contributed by atoms with Crippen LogP contribution >= 0.6 is 12.4 Å². The molecule has 0 saturated heterocycles. The summed E-state index contributed by atoms with van der Waals surface area (Å²) in [4.78, 5) is 11.2. The highest BCUT2D eigenvalue weighted by atomic mass is 35.5. The summed E-state index contributed by atoms with van der Waals surface area (Å²) in [6.45, 7) is 5.06. The van der Waals surface area contributed by atoms with Crippen molar-refractivity contribution in [1.29, 1.82) is 0 Å². The zero-order chi connectivity index (χ0) is 10.7. The Morgan fingerprint density at radius 1 is 1.47 bits per heavy atom. The van der Waals surface area contributed by atoms with E-state index >= 15 is 0 Å². The van der Waals surface area contributed by atoms with Gasteiger partial charge in [-0.15, -0.1) is 22.6 Å². The van der Waals surface area contributed by atoms with E-state index in [0.717, 1.165) is 0 Å². The van der Waals surface area contributed by atoms with Gasteiger partial charge >= 0.3 is 0 Å². The summed E-state index contributed by atoms with van der Waals surface area (Å²) in [5.41, 5.74) is 5.39. The van der Waals surface area contributed by atoms with E-state index in [2.05, 4.69) is 15.5 Å². The molecule has 2 atom stereocenters. The smallest absolute Gasteiger partial charge is 0.238 e. The van der Waals surface area contributed by atoms with Gasteiger partial charge in [0.05, 0.1) is 6.04 Å². The molecule has 0 aliphatic carbocycles. The maximum Gasteiger partial charge on any atom is 0.238 e. The average Bonchev–Trinajstić information content (AvgIpc) is 2.51. The van der Waals surface area contributed by atoms with Crippen LogP contribution in [0.4, 0.5) is 0 Å². The molecule has 0 aliphatic heterocycles. The zero-order valence-electron chi connectivity index (χ0n) is 8.85. The molecular weight excluding hydrogens is 220 g/mol. The fraction of sp³-hybridized carbons (Fsp3) is 0.625. The molecule has 6 nitrogen and oxygen atoms in total. The van der Waals surface area contributed by atoms with Gasteiger partial charge in [-0.2, -0.15) is 0 Å². The van der Waals surface area contributed by atoms with Gasteiger partial charge in [0.15, 0.2) is 0 Å². The first-order chi connectivity index (χ1) is 6.50. The first-order valence-electron chi connectivity index (χ1n) is 4.36. The lowest BCUT2D eigenvalue weighted by Crippen LogP contribution is -2.39. The molecule has 3 N–H and O–H groups in total. The number of nitrogens with zero attached hydrogens (tertiary/aromatic N) is 2. The van der Waals surface area contributed by atoms with E-state index in [4.69, 9.17) is 10.2 Å². The molecule has 1 heterocycles. The van der Waals surface area contributed by atoms with E-state index in [-0.39, 0.29) is 24.4 Å². The van der Waals surface area contributed by atoms with Gasteiger partial charge < -0.3 is 15.5 Å². The molecule has 1 rings (SSSR count). The van der Waals surface area contributed by atoms with Gasteiger partial charge in [-0.3, -0.25) is 4.79 Å². The molecule has 1 aromatic rings. The molecule has 15 heavy (non-hydrogen) atoms. The van der Waals surface area contributed by atoms with Crippen molar-refractivity contribution in [3.63, 3.8) is 0 Å². The number of carbonyl (C=O) groups excluding carboxylic acids is 1. The second-order valence-corrected chi connectivity index (χ2v) is 3.18. The highest BCUT2D eigenvalue weighted by molar-refractivity contribution is 5.85. The van der Waals surface area contributed by atoms with E-state index in [1.54, 1.807) is 20.8 Å². The van der Waals surface area contributed by atoms with Gasteiger partial charge in [0.25, 0.3) is 0 Å². The predicted molar refractivity (Wildman–Crippen MR) is 56.5 cm³/mol. The first kappa shape index (κ1) is 13.9. The highest BCUT2D eigenvalue weighted by Gasteiger charge is 2.16. The second-order valence-electron chi connectivity index (χ2n) is 3.18. The minimum atomic E-state index is -0.540. The highest BCUT2D eigenvalue weighted by Crippen LogP contribution is 2.09. The lowest BCUT2D eigenvalue weighted by atomic mass is 10.3. The van der Waals surface area contributed by atoms with Crippen molar-refractivity contribution in [3.05, 3.63) is 11.8 Å². The maximum absolute atomic E-state index is 11.2. The lowest BCUT2D eigenvalue weighted by molar-refractivity contribution is -0.122. The average molecular weight is 235 g/mol. The van der Waals surface area contributed by atoms with Crippen molar-refractivity contribution in [3.8, 4) is 0 Å². The zero-order valence-corrected chi connectivity index (χ0v) is 9.67. The van der Waals surface area contributed by atoms with E-state index < -0.39 is 6.04 Å². The largest absolute Gasteiger partial charge is 0.423 e. The Kier molecular flexibility index (Phi) is 5.24. The Labute approximate surface area is 94.0 Å². The summed E-state index contributed by atoms with van der Waals surface area (Å²) in [5.74, 6) is 0.617. The van der Waals surface area contributed by atoms with Gasteiger partial charge in [-0.05, 0) is 13.8 Å². The van der Waals surface area contributed by atoms with Crippen molar-refractivity contribution in [2.24, 2.45) is 5.73 Å². The summed E-state index contributed by atoms with van der Waals surface area (Å²) >= 11 is 0. The standard InChI is InChI=1S/C8H14N4O2.ClH/c1-4(9)7(13)10-5(2)8-12-11-6(3)14-8;/h4-5H,9H2,1-3H3,(H,10,13);1H/t4-,5?;/m1./s1. The quantitative estimate of drug-likeness (QED) is 0.786. The van der Waals surface area contributed by atoms with Crippen molar-refractivity contribution in [2.75, 3.05) is 0 Å². The third-order valence-corrected chi connectivity index (χ3v) is 1.68. The number of hydrogen-bond acceptors (Lipinski definition) is 5. The lowest BCUT2D eigenvalue weighted by Gasteiger charge is -2.11. The number of carbonyl (C=O) groups is 1. The number of nitrogens with one attached hydrogen (secondary N) is 1. The fourth-order valence-corrected chi connectivity index (χ4v) is 0.893. The van der Waals surface area contributed by atoms with Gasteiger partial charge in [0.2, 0.25) is 17.7 Å². The molecule has 1 aromatic heterocycles. The Morgan fingerprint density at radius 3 is 2.47 bits per heavy atom. The van der Waals surface area contributed by atoms with Crippen LogP contribution in [0.5, 0.6) is 0 Å². The van der Waals surface area contributed by atoms with Crippen LogP contribution < -0.4 is 11.1 Å². The minimum absolute atomic E-state index is 0. The van der Waals surface area contributed by atoms with Crippen LogP contribution in [0.3, 0.4) is 0 Å². The van der Waals surface area contributed by atoms with Gasteiger partial charge in [0, 0.05) is 6.92 Å². The number of amides is 1. The molecule has 7 heteroatoms. The monoisotopic (exact) mass is 234 g/mol. The molecule has 0 aromatic carbocycles. The second kappa shape index (κ2) is 5.67. The molecule has 0 radical (unpaired) electrons. The van der Waals surface area contributed by atoms with Crippen LogP contribution in [0.15, 0.2) is 4.42 Å². The Bertz CT molecular complexity index is 326. The molecule has 0 spiro atoms. The Balaban J connectivity index is 0.00000196. The SMILES string of the molecule is Cc1nnc(C(C)NC(=O)[C@@H](C)N)o1.Cl. The number of aromatic nitrogens is 2. The number of rotatable bonds is 3. The fourth-order valence-electron chi connectivity index (χ4n) is 0.893. The Morgan fingerprint density at radius 2 is 2.07 bits per heavy atom. The van der Waals surface area contributed by atoms with E-state index in [1.807, 2.05) is 0 Å². The van der Waals surface area contributed by atoms with Crippen LogP contribution in [0, 0.1) is 6.92 Å². The maximum atomic E-state index is 11.2. The van der Waals surface area contributed by atoms with E-state index in [9.17, 15) is 4.79 Å². The predicted octanol–water partition coefficient (Wildman–Crippen LogP) is 0.324. The van der Waals surface area contributed by atoms with Crippen LogP contribution in [0.25, 0.3) is 0 Å². The van der Waals surface area contributed by atoms with Gasteiger partial charge in [-0.25, -0.2) is 0 Å². The van der Waals surface area contributed by atoms with Crippen LogP contribution in [0.1, 0.15) is 31.7 Å². The molecule has 0 bridgehead atoms. The van der Waals surface area contributed by atoms with Crippen molar-refractivity contribution in [1.82, 2.24) is 15.5 Å². The molecule has 0 saturated carbocycles. The van der Waals surface area contributed by atoms with Crippen LogP contribution in [-0.2, 0) is 4.79 Å². The van der Waals surface area contributed by atoms with E-state index in [1.165, 1.54) is 0 Å². The first-order valence-corrected chi connectivity index (χ1v) is 4.36. The topological polar surface area (TPSA) is 94.0 Å². The summed E-state index contributed by atoms with van der Waals surface area (Å²) in [7, 11) is 0. The van der Waals surface area contributed by atoms with Gasteiger partial charge in [-0.1, -0.05) is 0 Å². The van der Waals surface area contributed by atoms with Crippen molar-refractivity contribution in [2.45, 2.75) is 32.9 Å². The molecular formula is C8H15ClN4O2. The summed E-state index contributed by atoms with van der Waals surface area (Å²) in [6.07, 6.45) is 0. The van der Waals surface area contributed by atoms with Gasteiger partial charge in [0.1, 0.15) is 6.04 Å². The molecule has 1 amide bonds. The molecule has 1 unspecified atom stereocenters. The third-order valence-electron chi connectivity index (χ3n) is 1.68. The van der Waals surface area contributed by atoms with E-state index in [0.29, 0.717) is 11.8 Å². The summed E-state index contributed by atoms with van der Waals surface area (Å²) < 4.78 is 5.15. The number of halogens is 1. The number of nitrogens with two attached hydrogens (primary N) is 1. The van der Waals surface area contributed by atoms with Crippen LogP contribution in [-0.4, -0.2) is 22.1 Å². The number of aryl methyl sites for hydroxylation is 1. The van der Waals surface area contributed by atoms with Crippen molar-refractivity contribution >= 4 is 18.3 Å². The molecule has 86 valence electrons. The summed E-state index contributed by atoms with van der Waals surface area (Å²) in [5, 5.41) is 10.1. The normalized spacial score (nSPS) is 13.9. The minimum Gasteiger partial charge on any atom is -0.423 e. The third kappa shape index (κ3) is 3.85. The molecule has 0 fully saturated rings. The van der Waals surface area contributed by atoms with Crippen molar-refractivity contribution < 1.29 is 9.21 Å². The molecule has 0 aliphatic rings. The van der Waals surface area contributed by atoms with Crippen LogP contribution in [0.2, 0.25) is 0 Å².